The summed E-state index contributed by atoms with van der Waals surface area (Å²) in [5.41, 5.74) is 5.22. The number of nitrogens with zero attached hydrogens (tertiary/aromatic N) is 1. The summed E-state index contributed by atoms with van der Waals surface area (Å²) >= 11 is 0. The standard InChI is InChI=1S/C29H28N2O2/c1-2-3-7-21-14-16-31(17-15-21)23-18-26(28-20-30-29(32)27(28)19-23)22-10-12-25(13-11-22)33-24-8-5-4-6-9-24/h4-6,8-13,18-19,21H,7,14-17,20H2,1H3,(H,30,32). The van der Waals surface area contributed by atoms with Gasteiger partial charge in [0.1, 0.15) is 11.5 Å². The first-order valence-electron chi connectivity index (χ1n) is 11.6. The van der Waals surface area contributed by atoms with Gasteiger partial charge in [-0.25, -0.2) is 0 Å². The topological polar surface area (TPSA) is 41.6 Å². The Labute approximate surface area is 195 Å². The molecule has 0 spiro atoms. The average molecular weight is 437 g/mol. The van der Waals surface area contributed by atoms with Crippen LogP contribution in [-0.2, 0) is 6.54 Å². The van der Waals surface area contributed by atoms with Crippen LogP contribution in [0.5, 0.6) is 11.5 Å². The van der Waals surface area contributed by atoms with Gasteiger partial charge in [0.05, 0.1) is 0 Å². The van der Waals surface area contributed by atoms with Gasteiger partial charge in [-0.2, -0.15) is 0 Å². The fourth-order valence-corrected chi connectivity index (χ4v) is 4.72. The molecule has 0 atom stereocenters. The molecular formula is C29H28N2O2. The second-order valence-electron chi connectivity index (χ2n) is 8.70. The largest absolute Gasteiger partial charge is 0.457 e. The van der Waals surface area contributed by atoms with Crippen LogP contribution >= 0.6 is 0 Å². The van der Waals surface area contributed by atoms with Crippen LogP contribution in [0.15, 0.2) is 66.7 Å². The Morgan fingerprint density at radius 3 is 2.39 bits per heavy atom. The van der Waals surface area contributed by atoms with Gasteiger partial charge in [-0.3, -0.25) is 4.79 Å². The summed E-state index contributed by atoms with van der Waals surface area (Å²) in [7, 11) is 0. The van der Waals surface area contributed by atoms with E-state index < -0.39 is 0 Å². The lowest BCUT2D eigenvalue weighted by atomic mass is 9.92. The van der Waals surface area contributed by atoms with Crippen molar-refractivity contribution in [2.75, 3.05) is 18.0 Å². The van der Waals surface area contributed by atoms with E-state index in [-0.39, 0.29) is 5.91 Å². The Morgan fingerprint density at radius 2 is 1.67 bits per heavy atom. The highest BCUT2D eigenvalue weighted by atomic mass is 16.5. The zero-order valence-corrected chi connectivity index (χ0v) is 18.9. The first-order chi connectivity index (χ1) is 16.2. The van der Waals surface area contributed by atoms with Crippen molar-refractivity contribution >= 4 is 11.6 Å². The van der Waals surface area contributed by atoms with Crippen molar-refractivity contribution in [2.45, 2.75) is 32.7 Å². The van der Waals surface area contributed by atoms with Crippen molar-refractivity contribution in [3.63, 3.8) is 0 Å². The van der Waals surface area contributed by atoms with E-state index in [1.165, 1.54) is 0 Å². The maximum absolute atomic E-state index is 12.5. The number of carbonyl (C=O) groups excluding carboxylic acids is 1. The summed E-state index contributed by atoms with van der Waals surface area (Å²) in [4.78, 5) is 15.0. The van der Waals surface area contributed by atoms with Crippen molar-refractivity contribution in [3.8, 4) is 34.5 Å². The first kappa shape index (κ1) is 21.2. The first-order valence-corrected chi connectivity index (χ1v) is 11.6. The number of para-hydroxylation sites is 1. The number of rotatable bonds is 5. The molecule has 3 aromatic rings. The molecule has 0 aromatic heterocycles. The van der Waals surface area contributed by atoms with E-state index in [1.54, 1.807) is 0 Å². The predicted molar refractivity (Wildman–Crippen MR) is 133 cm³/mol. The zero-order chi connectivity index (χ0) is 22.6. The molecule has 2 aliphatic rings. The normalized spacial score (nSPS) is 15.4. The van der Waals surface area contributed by atoms with Crippen LogP contribution < -0.4 is 15.0 Å². The molecule has 5 rings (SSSR count). The summed E-state index contributed by atoms with van der Waals surface area (Å²) < 4.78 is 5.95. The lowest BCUT2D eigenvalue weighted by Gasteiger charge is -2.33. The molecule has 0 saturated carbocycles. The number of benzene rings is 3. The summed E-state index contributed by atoms with van der Waals surface area (Å²) in [6.45, 7) is 4.48. The molecule has 166 valence electrons. The molecule has 0 bridgehead atoms. The molecule has 1 N–H and O–H groups in total. The number of anilines is 1. The Kier molecular flexibility index (Phi) is 6.04. The van der Waals surface area contributed by atoms with Gasteiger partial charge in [0, 0.05) is 37.3 Å². The third-order valence-electron chi connectivity index (χ3n) is 6.60. The van der Waals surface area contributed by atoms with Crippen LogP contribution in [0.2, 0.25) is 0 Å². The average Bonchev–Trinajstić information content (AvgIpc) is 3.24. The van der Waals surface area contributed by atoms with E-state index in [0.717, 1.165) is 71.8 Å². The zero-order valence-electron chi connectivity index (χ0n) is 18.9. The van der Waals surface area contributed by atoms with Gasteiger partial charge in [-0.1, -0.05) is 30.3 Å². The van der Waals surface area contributed by atoms with Gasteiger partial charge >= 0.3 is 0 Å². The number of nitrogens with one attached hydrogen (secondary N) is 1. The third-order valence-corrected chi connectivity index (χ3v) is 6.60. The molecule has 0 radical (unpaired) electrons. The second kappa shape index (κ2) is 9.42. The summed E-state index contributed by atoms with van der Waals surface area (Å²) in [5, 5.41) is 3.00. The number of piperidine rings is 1. The molecular weight excluding hydrogens is 408 g/mol. The molecule has 4 heteroatoms. The van der Waals surface area contributed by atoms with Crippen LogP contribution in [-0.4, -0.2) is 19.0 Å². The van der Waals surface area contributed by atoms with Crippen molar-refractivity contribution in [2.24, 2.45) is 5.92 Å². The Bertz CT molecular complexity index is 1200. The fraction of sp³-hybridized carbons (Fsp3) is 0.276. The van der Waals surface area contributed by atoms with Crippen molar-refractivity contribution in [1.82, 2.24) is 5.32 Å². The van der Waals surface area contributed by atoms with Gasteiger partial charge in [-0.05, 0) is 78.8 Å². The molecule has 1 amide bonds. The molecule has 33 heavy (non-hydrogen) atoms. The van der Waals surface area contributed by atoms with Crippen LogP contribution in [0, 0.1) is 17.8 Å². The van der Waals surface area contributed by atoms with Crippen molar-refractivity contribution < 1.29 is 9.53 Å². The fourth-order valence-electron chi connectivity index (χ4n) is 4.72. The van der Waals surface area contributed by atoms with Gasteiger partial charge < -0.3 is 15.0 Å². The van der Waals surface area contributed by atoms with Crippen LogP contribution in [0.25, 0.3) is 11.1 Å². The summed E-state index contributed by atoms with van der Waals surface area (Å²) in [6, 6.07) is 22.2. The molecule has 2 heterocycles. The predicted octanol–water partition coefficient (Wildman–Crippen LogP) is 6.02. The number of carbonyl (C=O) groups is 1. The van der Waals surface area contributed by atoms with Gasteiger partial charge in [-0.15, -0.1) is 11.8 Å². The third kappa shape index (κ3) is 4.59. The van der Waals surface area contributed by atoms with Crippen molar-refractivity contribution in [1.29, 1.82) is 0 Å². The molecule has 2 aliphatic heterocycles. The lowest BCUT2D eigenvalue weighted by Crippen LogP contribution is -2.33. The van der Waals surface area contributed by atoms with Crippen molar-refractivity contribution in [3.05, 3.63) is 77.9 Å². The minimum absolute atomic E-state index is 0.0187. The van der Waals surface area contributed by atoms with E-state index in [1.807, 2.05) is 49.4 Å². The van der Waals surface area contributed by atoms with Crippen LogP contribution in [0.4, 0.5) is 5.69 Å². The number of ether oxygens (including phenoxy) is 1. The summed E-state index contributed by atoms with van der Waals surface area (Å²) in [6.07, 6.45) is 3.26. The molecule has 4 nitrogen and oxygen atoms in total. The molecule has 1 saturated heterocycles. The van der Waals surface area contributed by atoms with Crippen LogP contribution in [0.1, 0.15) is 42.1 Å². The quantitative estimate of drug-likeness (QED) is 0.497. The number of hydrogen-bond acceptors (Lipinski definition) is 3. The smallest absolute Gasteiger partial charge is 0.251 e. The number of amides is 1. The molecule has 0 aliphatic carbocycles. The van der Waals surface area contributed by atoms with E-state index in [2.05, 4.69) is 46.3 Å². The highest BCUT2D eigenvalue weighted by Gasteiger charge is 2.26. The maximum atomic E-state index is 12.5. The van der Waals surface area contributed by atoms with E-state index in [9.17, 15) is 4.79 Å². The Morgan fingerprint density at radius 1 is 0.970 bits per heavy atom. The van der Waals surface area contributed by atoms with Gasteiger partial charge in [0.2, 0.25) is 0 Å². The Hall–Kier alpha value is -3.71. The highest BCUT2D eigenvalue weighted by molar-refractivity contribution is 6.02. The highest BCUT2D eigenvalue weighted by Crippen LogP contribution is 2.36. The second-order valence-corrected chi connectivity index (χ2v) is 8.70. The van der Waals surface area contributed by atoms with E-state index in [0.29, 0.717) is 12.5 Å². The van der Waals surface area contributed by atoms with Crippen LogP contribution in [0.3, 0.4) is 0 Å². The number of hydrogen-bond donors (Lipinski definition) is 1. The SMILES string of the molecule is CC#CCC1CCN(c2cc3c(c(-c4ccc(Oc5ccccc5)cc4)c2)CNC3=O)CC1. The Balaban J connectivity index is 1.40. The molecule has 1 fully saturated rings. The minimum Gasteiger partial charge on any atom is -0.457 e. The van der Waals surface area contributed by atoms with Gasteiger partial charge in [0.15, 0.2) is 0 Å². The summed E-state index contributed by atoms with van der Waals surface area (Å²) in [5.74, 6) is 8.55. The van der Waals surface area contributed by atoms with E-state index in [4.69, 9.17) is 4.74 Å². The molecule has 0 unspecified atom stereocenters. The lowest BCUT2D eigenvalue weighted by molar-refractivity contribution is 0.0965. The monoisotopic (exact) mass is 436 g/mol. The number of fused-ring (bicyclic) bond motifs is 1. The minimum atomic E-state index is 0.0187. The maximum Gasteiger partial charge on any atom is 0.251 e. The van der Waals surface area contributed by atoms with E-state index >= 15 is 0 Å². The van der Waals surface area contributed by atoms with Gasteiger partial charge in [0.25, 0.3) is 5.91 Å². The molecule has 3 aromatic carbocycles.